The van der Waals surface area contributed by atoms with Crippen molar-refractivity contribution in [2.24, 2.45) is 5.10 Å². The number of nitrogens with zero attached hydrogens (tertiary/aromatic N) is 3. The third-order valence-corrected chi connectivity index (χ3v) is 3.76. The van der Waals surface area contributed by atoms with E-state index in [4.69, 9.17) is 0 Å². The molecular formula is C15H15N5O3. The molecule has 0 spiro atoms. The highest BCUT2D eigenvalue weighted by atomic mass is 16.6. The fourth-order valence-electron chi connectivity index (χ4n) is 2.57. The summed E-state index contributed by atoms with van der Waals surface area (Å²) in [6, 6.07) is 5.88. The molecule has 3 rings (SSSR count). The van der Waals surface area contributed by atoms with Crippen LogP contribution in [0.25, 0.3) is 0 Å². The Bertz CT molecular complexity index is 764. The van der Waals surface area contributed by atoms with Gasteiger partial charge in [0.25, 0.3) is 11.6 Å². The van der Waals surface area contributed by atoms with Gasteiger partial charge in [0.2, 0.25) is 0 Å². The number of hydrazone groups is 1. The van der Waals surface area contributed by atoms with Crippen molar-refractivity contribution in [3.8, 4) is 0 Å². The Morgan fingerprint density at radius 2 is 2.04 bits per heavy atom. The van der Waals surface area contributed by atoms with Gasteiger partial charge < -0.3 is 0 Å². The molecule has 0 radical (unpaired) electrons. The highest BCUT2D eigenvalue weighted by Crippen LogP contribution is 2.21. The molecule has 1 aliphatic rings. The van der Waals surface area contributed by atoms with E-state index >= 15 is 0 Å². The number of non-ortho nitro benzene ring substituents is 1. The van der Waals surface area contributed by atoms with Gasteiger partial charge in [-0.2, -0.15) is 10.2 Å². The van der Waals surface area contributed by atoms with E-state index in [0.717, 1.165) is 36.9 Å². The molecule has 23 heavy (non-hydrogen) atoms. The van der Waals surface area contributed by atoms with Gasteiger partial charge in [0.15, 0.2) is 5.69 Å². The van der Waals surface area contributed by atoms with Crippen molar-refractivity contribution in [1.29, 1.82) is 0 Å². The average Bonchev–Trinajstić information content (AvgIpc) is 2.99. The maximum atomic E-state index is 12.1. The molecular weight excluding hydrogens is 298 g/mol. The van der Waals surface area contributed by atoms with Crippen LogP contribution < -0.4 is 5.43 Å². The minimum absolute atomic E-state index is 0.00864. The molecule has 1 aromatic carbocycles. The quantitative estimate of drug-likeness (QED) is 0.510. The zero-order valence-corrected chi connectivity index (χ0v) is 12.3. The molecule has 1 amide bonds. The summed E-state index contributed by atoms with van der Waals surface area (Å²) >= 11 is 0. The molecule has 1 aliphatic carbocycles. The summed E-state index contributed by atoms with van der Waals surface area (Å²) in [5.74, 6) is -0.359. The summed E-state index contributed by atoms with van der Waals surface area (Å²) in [5, 5.41) is 21.4. The van der Waals surface area contributed by atoms with Gasteiger partial charge >= 0.3 is 0 Å². The van der Waals surface area contributed by atoms with Crippen molar-refractivity contribution in [2.45, 2.75) is 25.7 Å². The second-order valence-corrected chi connectivity index (χ2v) is 5.28. The van der Waals surface area contributed by atoms with Gasteiger partial charge in [-0.25, -0.2) is 5.43 Å². The SMILES string of the molecule is O=C(N/N=C/c1ccc([N+](=O)[O-])cc1)c1n[nH]c2c1CCCC2. The van der Waals surface area contributed by atoms with Gasteiger partial charge in [0.1, 0.15) is 0 Å². The molecule has 0 bridgehead atoms. The molecule has 2 aromatic rings. The number of carbonyl (C=O) groups is 1. The summed E-state index contributed by atoms with van der Waals surface area (Å²) < 4.78 is 0. The lowest BCUT2D eigenvalue weighted by atomic mass is 9.96. The number of aromatic nitrogens is 2. The van der Waals surface area contributed by atoms with Crippen molar-refractivity contribution in [3.63, 3.8) is 0 Å². The minimum atomic E-state index is -0.469. The fourth-order valence-corrected chi connectivity index (χ4v) is 2.57. The van der Waals surface area contributed by atoms with Crippen LogP contribution in [0.2, 0.25) is 0 Å². The number of amides is 1. The molecule has 0 saturated carbocycles. The third-order valence-electron chi connectivity index (χ3n) is 3.76. The normalized spacial score (nSPS) is 13.7. The topological polar surface area (TPSA) is 113 Å². The van der Waals surface area contributed by atoms with E-state index in [0.29, 0.717) is 11.3 Å². The van der Waals surface area contributed by atoms with Crippen LogP contribution in [0.4, 0.5) is 5.69 Å². The van der Waals surface area contributed by atoms with Crippen molar-refractivity contribution in [2.75, 3.05) is 0 Å². The second kappa shape index (κ2) is 6.39. The minimum Gasteiger partial charge on any atom is -0.281 e. The number of fused-ring (bicyclic) bond motifs is 1. The number of H-pyrrole nitrogens is 1. The average molecular weight is 313 g/mol. The summed E-state index contributed by atoms with van der Waals surface area (Å²) in [7, 11) is 0. The maximum absolute atomic E-state index is 12.1. The van der Waals surface area contributed by atoms with Crippen molar-refractivity contribution < 1.29 is 9.72 Å². The van der Waals surface area contributed by atoms with E-state index in [2.05, 4.69) is 20.7 Å². The van der Waals surface area contributed by atoms with E-state index in [9.17, 15) is 14.9 Å². The molecule has 8 heteroatoms. The van der Waals surface area contributed by atoms with Crippen LogP contribution in [0.1, 0.15) is 40.2 Å². The number of rotatable bonds is 4. The van der Waals surface area contributed by atoms with Crippen LogP contribution in [0.15, 0.2) is 29.4 Å². The Labute approximate surface area is 131 Å². The molecule has 0 fully saturated rings. The second-order valence-electron chi connectivity index (χ2n) is 5.28. The first-order chi connectivity index (χ1) is 11.1. The third kappa shape index (κ3) is 3.25. The molecule has 1 heterocycles. The monoisotopic (exact) mass is 313 g/mol. The Hall–Kier alpha value is -3.03. The maximum Gasteiger partial charge on any atom is 0.292 e. The number of benzene rings is 1. The molecule has 0 saturated heterocycles. The lowest BCUT2D eigenvalue weighted by molar-refractivity contribution is -0.384. The number of nitro groups is 1. The molecule has 1 aromatic heterocycles. The Kier molecular flexibility index (Phi) is 4.13. The number of aryl methyl sites for hydroxylation is 1. The highest BCUT2D eigenvalue weighted by Gasteiger charge is 2.21. The first-order valence-electron chi connectivity index (χ1n) is 7.29. The Balaban J connectivity index is 1.64. The molecule has 118 valence electrons. The van der Waals surface area contributed by atoms with Gasteiger partial charge in [0, 0.05) is 23.4 Å². The smallest absolute Gasteiger partial charge is 0.281 e. The number of hydrogen-bond acceptors (Lipinski definition) is 5. The van der Waals surface area contributed by atoms with E-state index in [1.165, 1.54) is 18.3 Å². The van der Waals surface area contributed by atoms with Crippen LogP contribution in [-0.2, 0) is 12.8 Å². The number of hydrogen-bond donors (Lipinski definition) is 2. The van der Waals surface area contributed by atoms with Crippen LogP contribution in [0.3, 0.4) is 0 Å². The lowest BCUT2D eigenvalue weighted by Crippen LogP contribution is -2.20. The van der Waals surface area contributed by atoms with Crippen molar-refractivity contribution >= 4 is 17.8 Å². The van der Waals surface area contributed by atoms with Crippen molar-refractivity contribution in [3.05, 3.63) is 56.9 Å². The summed E-state index contributed by atoms with van der Waals surface area (Å²) in [5.41, 5.74) is 5.49. The van der Waals surface area contributed by atoms with E-state index in [1.54, 1.807) is 12.1 Å². The van der Waals surface area contributed by atoms with E-state index < -0.39 is 4.92 Å². The Morgan fingerprint density at radius 3 is 2.78 bits per heavy atom. The Morgan fingerprint density at radius 1 is 1.30 bits per heavy atom. The number of nitro benzene ring substituents is 1. The van der Waals surface area contributed by atoms with Crippen LogP contribution in [0.5, 0.6) is 0 Å². The molecule has 0 unspecified atom stereocenters. The van der Waals surface area contributed by atoms with E-state index in [1.807, 2.05) is 0 Å². The number of nitrogens with one attached hydrogen (secondary N) is 2. The van der Waals surface area contributed by atoms with Crippen LogP contribution in [-0.4, -0.2) is 27.2 Å². The fraction of sp³-hybridized carbons (Fsp3) is 0.267. The first-order valence-corrected chi connectivity index (χ1v) is 7.29. The van der Waals surface area contributed by atoms with Gasteiger partial charge in [-0.1, -0.05) is 0 Å². The van der Waals surface area contributed by atoms with Gasteiger partial charge in [-0.05, 0) is 43.4 Å². The summed E-state index contributed by atoms with van der Waals surface area (Å²) in [4.78, 5) is 22.2. The van der Waals surface area contributed by atoms with Gasteiger partial charge in [0.05, 0.1) is 11.1 Å². The number of aromatic amines is 1. The van der Waals surface area contributed by atoms with E-state index in [-0.39, 0.29) is 11.6 Å². The van der Waals surface area contributed by atoms with Crippen molar-refractivity contribution in [1.82, 2.24) is 15.6 Å². The number of carbonyl (C=O) groups excluding carboxylic acids is 1. The summed E-state index contributed by atoms with van der Waals surface area (Å²) in [6.45, 7) is 0. The highest BCUT2D eigenvalue weighted by molar-refractivity contribution is 5.94. The predicted octanol–water partition coefficient (Wildman–Crippen LogP) is 1.96. The molecule has 8 nitrogen and oxygen atoms in total. The lowest BCUT2D eigenvalue weighted by Gasteiger charge is -2.10. The van der Waals surface area contributed by atoms with Gasteiger partial charge in [-0.15, -0.1) is 0 Å². The standard InChI is InChI=1S/C15H15N5O3/c21-15(14-12-3-1-2-4-13(12)17-18-14)19-16-9-10-5-7-11(8-6-10)20(22)23/h5-9H,1-4H2,(H,17,18)(H,19,21)/b16-9+. The zero-order chi connectivity index (χ0) is 16.2. The first kappa shape index (κ1) is 14.9. The molecule has 0 aliphatic heterocycles. The predicted molar refractivity (Wildman–Crippen MR) is 83.4 cm³/mol. The molecule has 2 N–H and O–H groups in total. The molecule has 0 atom stereocenters. The largest absolute Gasteiger partial charge is 0.292 e. The van der Waals surface area contributed by atoms with Crippen LogP contribution in [0, 0.1) is 10.1 Å². The van der Waals surface area contributed by atoms with Crippen LogP contribution >= 0.6 is 0 Å². The summed E-state index contributed by atoms with van der Waals surface area (Å²) in [6.07, 6.45) is 5.36. The van der Waals surface area contributed by atoms with Gasteiger partial charge in [-0.3, -0.25) is 20.0 Å². The zero-order valence-electron chi connectivity index (χ0n) is 12.3.